The molecule has 7 nitrogen and oxygen atoms in total. The Balaban J connectivity index is 1.32. The zero-order valence-corrected chi connectivity index (χ0v) is 14.3. The molecule has 3 fully saturated rings. The van der Waals surface area contributed by atoms with Crippen LogP contribution in [0.5, 0.6) is 0 Å². The predicted molar refractivity (Wildman–Crippen MR) is 89.6 cm³/mol. The molecule has 24 heavy (non-hydrogen) atoms. The number of aliphatic imine (C=N–C) groups is 1. The molecule has 4 aliphatic heterocycles. The predicted octanol–water partition coefficient (Wildman–Crippen LogP) is 0.799. The Hall–Kier alpha value is -1.63. The highest BCUT2D eigenvalue weighted by atomic mass is 16.5. The zero-order chi connectivity index (χ0) is 16.1. The van der Waals surface area contributed by atoms with Crippen molar-refractivity contribution in [3.63, 3.8) is 0 Å². The zero-order valence-electron chi connectivity index (χ0n) is 14.3. The molecular formula is C17H26N6O. The first kappa shape index (κ1) is 14.7. The van der Waals surface area contributed by atoms with E-state index in [9.17, 15) is 0 Å². The van der Waals surface area contributed by atoms with E-state index in [4.69, 9.17) is 9.73 Å². The van der Waals surface area contributed by atoms with Gasteiger partial charge in [-0.05, 0) is 26.2 Å². The fourth-order valence-corrected chi connectivity index (χ4v) is 5.03. The number of nitrogens with one attached hydrogen (secondary N) is 1. The maximum absolute atomic E-state index is 6.09. The van der Waals surface area contributed by atoms with Crippen LogP contribution in [0.2, 0.25) is 0 Å². The first-order valence-electron chi connectivity index (χ1n) is 9.43. The van der Waals surface area contributed by atoms with Crippen LogP contribution in [0.25, 0.3) is 0 Å². The molecule has 0 amide bonds. The van der Waals surface area contributed by atoms with Gasteiger partial charge >= 0.3 is 0 Å². The van der Waals surface area contributed by atoms with Gasteiger partial charge in [-0.2, -0.15) is 0 Å². The molecule has 1 aromatic heterocycles. The number of aromatic nitrogens is 3. The van der Waals surface area contributed by atoms with Gasteiger partial charge in [-0.3, -0.25) is 0 Å². The van der Waals surface area contributed by atoms with Crippen LogP contribution in [0, 0.1) is 11.8 Å². The van der Waals surface area contributed by atoms with E-state index in [0.717, 1.165) is 50.2 Å². The molecule has 5 rings (SSSR count). The van der Waals surface area contributed by atoms with Crippen LogP contribution in [0.15, 0.2) is 4.99 Å². The Morgan fingerprint density at radius 3 is 2.79 bits per heavy atom. The minimum absolute atomic E-state index is 0.493. The Labute approximate surface area is 142 Å². The van der Waals surface area contributed by atoms with Crippen molar-refractivity contribution in [2.45, 2.75) is 57.9 Å². The third-order valence-corrected chi connectivity index (χ3v) is 6.14. The fraction of sp³-hybridized carbons (Fsp3) is 0.824. The van der Waals surface area contributed by atoms with Gasteiger partial charge < -0.3 is 19.5 Å². The van der Waals surface area contributed by atoms with Crippen molar-refractivity contribution < 1.29 is 4.74 Å². The van der Waals surface area contributed by atoms with Gasteiger partial charge in [0.1, 0.15) is 12.4 Å². The standard InChI is InChI=1S/C17H26N6O/c1-2-18-17(19-8-16-21-20-15-4-3-7-23(15)16)22-9-11-12(10-22)14-6-5-13(11)24-14/h11-14H,2-10H2,1H3,(H,18,19). The average Bonchev–Trinajstić information content (AvgIpc) is 3.37. The van der Waals surface area contributed by atoms with Crippen LogP contribution in [-0.4, -0.2) is 57.5 Å². The first-order valence-corrected chi connectivity index (χ1v) is 9.43. The lowest BCUT2D eigenvalue weighted by Crippen LogP contribution is -2.41. The summed E-state index contributed by atoms with van der Waals surface area (Å²) in [4.78, 5) is 7.32. The number of nitrogens with zero attached hydrogens (tertiary/aromatic N) is 5. The summed E-state index contributed by atoms with van der Waals surface area (Å²) in [5.74, 6) is 4.55. The van der Waals surface area contributed by atoms with E-state index in [1.54, 1.807) is 0 Å². The van der Waals surface area contributed by atoms with Gasteiger partial charge in [0.2, 0.25) is 0 Å². The SMILES string of the molecule is CCNC(=NCc1nnc2n1CCC2)N1CC2C3CCC(O3)C2C1. The van der Waals surface area contributed by atoms with Crippen molar-refractivity contribution in [1.29, 1.82) is 0 Å². The molecule has 2 bridgehead atoms. The number of hydrogen-bond donors (Lipinski definition) is 1. The smallest absolute Gasteiger partial charge is 0.194 e. The third-order valence-electron chi connectivity index (χ3n) is 6.14. The second kappa shape index (κ2) is 5.72. The van der Waals surface area contributed by atoms with Gasteiger partial charge in [0.15, 0.2) is 11.8 Å². The average molecular weight is 330 g/mol. The molecule has 130 valence electrons. The van der Waals surface area contributed by atoms with Crippen molar-refractivity contribution in [3.05, 3.63) is 11.6 Å². The summed E-state index contributed by atoms with van der Waals surface area (Å²) in [7, 11) is 0. The summed E-state index contributed by atoms with van der Waals surface area (Å²) >= 11 is 0. The number of rotatable bonds is 3. The molecule has 4 atom stereocenters. The molecule has 5 heterocycles. The lowest BCUT2D eigenvalue weighted by molar-refractivity contribution is 0.0767. The molecule has 0 saturated carbocycles. The molecule has 0 aliphatic carbocycles. The van der Waals surface area contributed by atoms with Crippen LogP contribution < -0.4 is 5.32 Å². The van der Waals surface area contributed by atoms with Crippen LogP contribution in [-0.2, 0) is 24.2 Å². The summed E-state index contributed by atoms with van der Waals surface area (Å²) < 4.78 is 8.32. The van der Waals surface area contributed by atoms with Gasteiger partial charge in [-0.15, -0.1) is 10.2 Å². The maximum atomic E-state index is 6.09. The number of hydrogen-bond acceptors (Lipinski definition) is 4. The minimum atomic E-state index is 0.493. The van der Waals surface area contributed by atoms with Crippen LogP contribution >= 0.6 is 0 Å². The molecule has 0 aromatic carbocycles. The Morgan fingerprint density at radius 1 is 1.25 bits per heavy atom. The fourth-order valence-electron chi connectivity index (χ4n) is 5.03. The molecular weight excluding hydrogens is 304 g/mol. The lowest BCUT2D eigenvalue weighted by Gasteiger charge is -2.23. The Morgan fingerprint density at radius 2 is 2.04 bits per heavy atom. The molecule has 4 unspecified atom stereocenters. The third kappa shape index (κ3) is 2.24. The summed E-state index contributed by atoms with van der Waals surface area (Å²) in [6.07, 6.45) is 5.72. The first-order chi connectivity index (χ1) is 11.8. The highest BCUT2D eigenvalue weighted by Gasteiger charge is 2.53. The summed E-state index contributed by atoms with van der Waals surface area (Å²) in [6, 6.07) is 0. The van der Waals surface area contributed by atoms with E-state index in [2.05, 4.69) is 31.9 Å². The monoisotopic (exact) mass is 330 g/mol. The Bertz CT molecular complexity index is 638. The number of fused-ring (bicyclic) bond motifs is 6. The van der Waals surface area contributed by atoms with E-state index in [0.29, 0.717) is 30.6 Å². The molecule has 0 spiro atoms. The summed E-state index contributed by atoms with van der Waals surface area (Å²) in [5, 5.41) is 12.1. The van der Waals surface area contributed by atoms with Crippen LogP contribution in [0.3, 0.4) is 0 Å². The van der Waals surface area contributed by atoms with Gasteiger partial charge in [-0.1, -0.05) is 0 Å². The van der Waals surface area contributed by atoms with Gasteiger partial charge in [0.05, 0.1) is 12.2 Å². The van der Waals surface area contributed by atoms with Crippen molar-refractivity contribution >= 4 is 5.96 Å². The highest BCUT2D eigenvalue weighted by Crippen LogP contribution is 2.47. The van der Waals surface area contributed by atoms with Crippen LogP contribution in [0.1, 0.15) is 37.8 Å². The van der Waals surface area contributed by atoms with E-state index in [-0.39, 0.29) is 0 Å². The second-order valence-electron chi connectivity index (χ2n) is 7.48. The van der Waals surface area contributed by atoms with Crippen molar-refractivity contribution in [3.8, 4) is 0 Å². The minimum Gasteiger partial charge on any atom is -0.374 e. The van der Waals surface area contributed by atoms with Gasteiger partial charge in [-0.25, -0.2) is 4.99 Å². The van der Waals surface area contributed by atoms with E-state index < -0.39 is 0 Å². The highest BCUT2D eigenvalue weighted by molar-refractivity contribution is 5.80. The molecule has 1 N–H and O–H groups in total. The molecule has 1 aromatic rings. The number of ether oxygens (including phenoxy) is 1. The second-order valence-corrected chi connectivity index (χ2v) is 7.48. The summed E-state index contributed by atoms with van der Waals surface area (Å²) in [5.41, 5.74) is 0. The lowest BCUT2D eigenvalue weighted by atomic mass is 9.82. The van der Waals surface area contributed by atoms with Crippen molar-refractivity contribution in [2.24, 2.45) is 16.8 Å². The maximum Gasteiger partial charge on any atom is 0.194 e. The molecule has 4 aliphatic rings. The van der Waals surface area contributed by atoms with Crippen LogP contribution in [0.4, 0.5) is 0 Å². The number of likely N-dealkylation sites (tertiary alicyclic amines) is 1. The van der Waals surface area contributed by atoms with Crippen molar-refractivity contribution in [2.75, 3.05) is 19.6 Å². The Kier molecular flexibility index (Phi) is 3.50. The van der Waals surface area contributed by atoms with Gasteiger partial charge in [0.25, 0.3) is 0 Å². The largest absolute Gasteiger partial charge is 0.374 e. The summed E-state index contributed by atoms with van der Waals surface area (Å²) in [6.45, 7) is 6.84. The molecule has 0 radical (unpaired) electrons. The van der Waals surface area contributed by atoms with E-state index in [1.807, 2.05) is 0 Å². The topological polar surface area (TPSA) is 67.6 Å². The van der Waals surface area contributed by atoms with Crippen molar-refractivity contribution in [1.82, 2.24) is 25.0 Å². The normalized spacial score (nSPS) is 34.0. The molecule has 7 heteroatoms. The number of guanidine groups is 1. The molecule has 3 saturated heterocycles. The quantitative estimate of drug-likeness (QED) is 0.656. The van der Waals surface area contributed by atoms with E-state index in [1.165, 1.54) is 19.3 Å². The van der Waals surface area contributed by atoms with E-state index >= 15 is 0 Å². The number of aryl methyl sites for hydroxylation is 1. The van der Waals surface area contributed by atoms with Gasteiger partial charge in [0, 0.05) is 44.4 Å².